The van der Waals surface area contributed by atoms with E-state index in [-0.39, 0.29) is 23.0 Å². The van der Waals surface area contributed by atoms with Gasteiger partial charge in [-0.2, -0.15) is 0 Å². The molecular weight excluding hydrogens is 424 g/mol. The van der Waals surface area contributed by atoms with Crippen molar-refractivity contribution >= 4 is 21.6 Å². The number of nitrogens with zero attached hydrogens (tertiary/aromatic N) is 2. The molecule has 0 radical (unpaired) electrons. The van der Waals surface area contributed by atoms with Gasteiger partial charge in [0.1, 0.15) is 25.5 Å². The molecule has 2 aromatic carbocycles. The Morgan fingerprint density at radius 3 is 2.48 bits per heavy atom. The molecule has 0 unspecified atom stereocenters. The summed E-state index contributed by atoms with van der Waals surface area (Å²) >= 11 is 0. The summed E-state index contributed by atoms with van der Waals surface area (Å²) < 4.78 is 50.2. The van der Waals surface area contributed by atoms with E-state index in [1.807, 2.05) is 0 Å². The maximum atomic E-state index is 13.7. The van der Waals surface area contributed by atoms with Gasteiger partial charge in [-0.1, -0.05) is 12.1 Å². The van der Waals surface area contributed by atoms with Crippen LogP contribution in [0.25, 0.3) is 0 Å². The molecule has 0 aliphatic carbocycles. The van der Waals surface area contributed by atoms with Gasteiger partial charge >= 0.3 is 0 Å². The molecule has 2 aromatic rings. The number of anilines is 1. The first-order valence-corrected chi connectivity index (χ1v) is 11.4. The molecule has 0 atom stereocenters. The molecule has 1 saturated heterocycles. The second-order valence-electron chi connectivity index (χ2n) is 6.98. The molecule has 31 heavy (non-hydrogen) atoms. The average molecular weight is 448 g/mol. The maximum Gasteiger partial charge on any atom is 0.265 e. The van der Waals surface area contributed by atoms with Gasteiger partial charge in [-0.05, 0) is 24.3 Å². The van der Waals surface area contributed by atoms with Crippen molar-refractivity contribution in [3.63, 3.8) is 0 Å². The van der Waals surface area contributed by atoms with Crippen molar-refractivity contribution in [1.29, 1.82) is 0 Å². The fourth-order valence-corrected chi connectivity index (χ4v) is 4.92. The van der Waals surface area contributed by atoms with Crippen LogP contribution in [-0.4, -0.2) is 72.4 Å². The minimum absolute atomic E-state index is 0.00238. The lowest BCUT2D eigenvalue weighted by Gasteiger charge is -2.31. The average Bonchev–Trinajstić information content (AvgIpc) is 2.82. The number of rotatable bonds is 6. The minimum Gasteiger partial charge on any atom is -0.495 e. The molecule has 1 fully saturated rings. The zero-order valence-electron chi connectivity index (χ0n) is 17.2. The number of morpholine rings is 1. The van der Waals surface area contributed by atoms with Gasteiger partial charge in [0.15, 0.2) is 11.5 Å². The highest BCUT2D eigenvalue weighted by Gasteiger charge is 2.32. The van der Waals surface area contributed by atoms with E-state index in [0.29, 0.717) is 56.8 Å². The number of carbonyl (C=O) groups is 1. The van der Waals surface area contributed by atoms with Crippen LogP contribution in [0.3, 0.4) is 0 Å². The summed E-state index contributed by atoms with van der Waals surface area (Å²) in [4.78, 5) is 14.6. The van der Waals surface area contributed by atoms with Crippen LogP contribution in [0.15, 0.2) is 47.4 Å². The van der Waals surface area contributed by atoms with Crippen molar-refractivity contribution in [3.05, 3.63) is 42.5 Å². The smallest absolute Gasteiger partial charge is 0.265 e. The number of fused-ring (bicyclic) bond motifs is 1. The summed E-state index contributed by atoms with van der Waals surface area (Å²) in [6.45, 7) is 2.07. The van der Waals surface area contributed by atoms with Gasteiger partial charge in [0.05, 0.1) is 30.9 Å². The summed E-state index contributed by atoms with van der Waals surface area (Å²) in [5.41, 5.74) is 0.279. The van der Waals surface area contributed by atoms with Gasteiger partial charge < -0.3 is 23.8 Å². The van der Waals surface area contributed by atoms with E-state index in [9.17, 15) is 13.2 Å². The van der Waals surface area contributed by atoms with Gasteiger partial charge in [-0.3, -0.25) is 9.10 Å². The summed E-state index contributed by atoms with van der Waals surface area (Å²) in [7, 11) is -2.66. The molecule has 166 valence electrons. The van der Waals surface area contributed by atoms with Crippen LogP contribution in [0.5, 0.6) is 17.2 Å². The van der Waals surface area contributed by atoms with E-state index in [0.717, 1.165) is 4.31 Å². The maximum absolute atomic E-state index is 13.7. The Hall–Kier alpha value is -2.98. The zero-order valence-corrected chi connectivity index (χ0v) is 18.0. The van der Waals surface area contributed by atoms with Crippen molar-refractivity contribution in [2.24, 2.45) is 0 Å². The van der Waals surface area contributed by atoms with Gasteiger partial charge in [0.2, 0.25) is 5.91 Å². The Morgan fingerprint density at radius 1 is 1.03 bits per heavy atom. The van der Waals surface area contributed by atoms with E-state index in [1.54, 1.807) is 35.2 Å². The largest absolute Gasteiger partial charge is 0.495 e. The number of carbonyl (C=O) groups excluding carboxylic acids is 1. The summed E-state index contributed by atoms with van der Waals surface area (Å²) in [6.07, 6.45) is 0. The van der Waals surface area contributed by atoms with Crippen LogP contribution in [-0.2, 0) is 19.6 Å². The summed E-state index contributed by atoms with van der Waals surface area (Å²) in [6, 6.07) is 11.1. The van der Waals surface area contributed by atoms with E-state index >= 15 is 0 Å². The molecule has 10 heteroatoms. The SMILES string of the molecule is COc1ccccc1N(CC(=O)N1CCOCC1)S(=O)(=O)c1ccc2c(c1)OCCO2. The van der Waals surface area contributed by atoms with Crippen molar-refractivity contribution in [1.82, 2.24) is 4.90 Å². The Balaban J connectivity index is 1.73. The van der Waals surface area contributed by atoms with Crippen molar-refractivity contribution < 1.29 is 32.2 Å². The zero-order chi connectivity index (χ0) is 21.8. The molecule has 4 rings (SSSR count). The second-order valence-corrected chi connectivity index (χ2v) is 8.84. The number of sulfonamides is 1. The minimum atomic E-state index is -4.11. The predicted octanol–water partition coefficient (Wildman–Crippen LogP) is 1.52. The highest BCUT2D eigenvalue weighted by molar-refractivity contribution is 7.92. The number of ether oxygens (including phenoxy) is 4. The molecule has 0 spiro atoms. The first kappa shape index (κ1) is 21.3. The van der Waals surface area contributed by atoms with Crippen molar-refractivity contribution in [3.8, 4) is 17.2 Å². The molecule has 2 aliphatic rings. The highest BCUT2D eigenvalue weighted by atomic mass is 32.2. The summed E-state index contributed by atoms with van der Waals surface area (Å²) in [5, 5.41) is 0. The van der Waals surface area contributed by atoms with E-state index in [4.69, 9.17) is 18.9 Å². The van der Waals surface area contributed by atoms with Gasteiger partial charge in [0.25, 0.3) is 10.0 Å². The first-order chi connectivity index (χ1) is 15.0. The quantitative estimate of drug-likeness (QED) is 0.661. The summed E-state index contributed by atoms with van der Waals surface area (Å²) in [5.74, 6) is 0.874. The van der Waals surface area contributed by atoms with E-state index < -0.39 is 10.0 Å². The lowest BCUT2D eigenvalue weighted by Crippen LogP contribution is -2.47. The fourth-order valence-electron chi connectivity index (χ4n) is 3.48. The van der Waals surface area contributed by atoms with Crippen LogP contribution in [0.1, 0.15) is 0 Å². The van der Waals surface area contributed by atoms with Gasteiger partial charge in [-0.25, -0.2) is 8.42 Å². The monoisotopic (exact) mass is 448 g/mol. The molecular formula is C21H24N2O7S. The normalized spacial score (nSPS) is 16.0. The fraction of sp³-hybridized carbons (Fsp3) is 0.381. The Morgan fingerprint density at radius 2 is 1.74 bits per heavy atom. The van der Waals surface area contributed by atoms with Gasteiger partial charge in [-0.15, -0.1) is 0 Å². The predicted molar refractivity (Wildman–Crippen MR) is 112 cm³/mol. The van der Waals surface area contributed by atoms with Crippen molar-refractivity contribution in [2.45, 2.75) is 4.90 Å². The third kappa shape index (κ3) is 4.40. The van der Waals surface area contributed by atoms with Crippen LogP contribution >= 0.6 is 0 Å². The number of benzene rings is 2. The molecule has 0 saturated carbocycles. The number of hydrogen-bond donors (Lipinski definition) is 0. The molecule has 2 aliphatic heterocycles. The Labute approximate surface area is 181 Å². The van der Waals surface area contributed by atoms with E-state index in [2.05, 4.69) is 0 Å². The number of hydrogen-bond acceptors (Lipinski definition) is 7. The molecule has 0 aromatic heterocycles. The number of amides is 1. The topological polar surface area (TPSA) is 94.6 Å². The van der Waals surface area contributed by atoms with Gasteiger partial charge in [0, 0.05) is 19.2 Å². The first-order valence-electron chi connectivity index (χ1n) is 9.91. The van der Waals surface area contributed by atoms with E-state index in [1.165, 1.54) is 19.2 Å². The van der Waals surface area contributed by atoms with Crippen LogP contribution < -0.4 is 18.5 Å². The van der Waals surface area contributed by atoms with Crippen LogP contribution in [0, 0.1) is 0 Å². The number of para-hydroxylation sites is 2. The molecule has 9 nitrogen and oxygen atoms in total. The van der Waals surface area contributed by atoms with Crippen molar-refractivity contribution in [2.75, 3.05) is 57.5 Å². The molecule has 1 amide bonds. The number of methoxy groups -OCH3 is 1. The lowest BCUT2D eigenvalue weighted by molar-refractivity contribution is -0.133. The molecule has 0 bridgehead atoms. The lowest BCUT2D eigenvalue weighted by atomic mass is 10.3. The Bertz CT molecular complexity index is 1050. The molecule has 2 heterocycles. The second kappa shape index (κ2) is 9.03. The third-order valence-corrected chi connectivity index (χ3v) is 6.85. The standard InChI is InChI=1S/C21H24N2O7S/c1-27-18-5-3-2-4-17(18)23(15-21(24)22-8-10-28-11-9-22)31(25,26)16-6-7-19-20(14-16)30-13-12-29-19/h2-7,14H,8-13,15H2,1H3. The third-order valence-electron chi connectivity index (χ3n) is 5.10. The molecule has 0 N–H and O–H groups in total. The van der Waals surface area contributed by atoms with Crippen LogP contribution in [0.4, 0.5) is 5.69 Å². The van der Waals surface area contributed by atoms with Crippen LogP contribution in [0.2, 0.25) is 0 Å². The Kier molecular flexibility index (Phi) is 6.19. The highest BCUT2D eigenvalue weighted by Crippen LogP contribution is 2.36.